The zero-order valence-electron chi connectivity index (χ0n) is 39.8. The van der Waals surface area contributed by atoms with Gasteiger partial charge >= 0.3 is 6.09 Å². The monoisotopic (exact) mass is 966 g/mol. The van der Waals surface area contributed by atoms with Crippen LogP contribution in [0.3, 0.4) is 0 Å². The van der Waals surface area contributed by atoms with Crippen molar-refractivity contribution in [1.29, 1.82) is 0 Å². The van der Waals surface area contributed by atoms with Crippen molar-refractivity contribution in [2.75, 3.05) is 135 Å². The summed E-state index contributed by atoms with van der Waals surface area (Å²) >= 11 is 0. The van der Waals surface area contributed by atoms with E-state index in [1.807, 2.05) is 50.9 Å². The van der Waals surface area contributed by atoms with Crippen LogP contribution in [0.5, 0.6) is 0 Å². The number of hydrogen-bond acceptors (Lipinski definition) is 15. The molecule has 1 amide bonds. The lowest BCUT2D eigenvalue weighted by Gasteiger charge is -2.36. The number of nitrogens with zero attached hydrogens (tertiary/aromatic N) is 9. The number of carbonyl (C=O) groups excluding carboxylic acids is 1. The van der Waals surface area contributed by atoms with Crippen molar-refractivity contribution in [3.05, 3.63) is 95.6 Å². The highest BCUT2D eigenvalue weighted by molar-refractivity contribution is 5.99. The molecule has 0 atom stereocenters. The molecule has 4 aromatic heterocycles. The van der Waals surface area contributed by atoms with Gasteiger partial charge in [-0.1, -0.05) is 0 Å². The van der Waals surface area contributed by atoms with Gasteiger partial charge in [-0.2, -0.15) is 0 Å². The number of ether oxygens (including phenoxy) is 3. The number of anilines is 8. The first-order chi connectivity index (χ1) is 33.9. The Kier molecular flexibility index (Phi) is 14.8. The summed E-state index contributed by atoms with van der Waals surface area (Å²) in [5.74, 6) is -1.31. The van der Waals surface area contributed by atoms with Gasteiger partial charge in [0.05, 0.1) is 113 Å². The zero-order valence-corrected chi connectivity index (χ0v) is 39.8. The Balaban J connectivity index is 0.000000176. The van der Waals surface area contributed by atoms with Crippen molar-refractivity contribution in [2.24, 2.45) is 0 Å². The number of piperazine rings is 2. The average molecular weight is 967 g/mol. The van der Waals surface area contributed by atoms with Crippen molar-refractivity contribution in [3.8, 4) is 0 Å². The smallest absolute Gasteiger partial charge is 0.410 e. The average Bonchev–Trinajstić information content (AvgIpc) is 3.36. The third-order valence-corrected chi connectivity index (χ3v) is 12.8. The van der Waals surface area contributed by atoms with Crippen molar-refractivity contribution < 1.29 is 36.6 Å². The largest absolute Gasteiger partial charge is 0.447 e. The Morgan fingerprint density at radius 3 is 1.49 bits per heavy atom. The summed E-state index contributed by atoms with van der Waals surface area (Å²) < 4.78 is 74.6. The van der Waals surface area contributed by atoms with E-state index in [2.05, 4.69) is 50.6 Å². The lowest BCUT2D eigenvalue weighted by molar-refractivity contribution is 0.0751. The molecule has 0 spiro atoms. The van der Waals surface area contributed by atoms with Gasteiger partial charge < -0.3 is 54.7 Å². The maximum atomic E-state index is 15.1. The first-order valence-corrected chi connectivity index (χ1v) is 23.7. The van der Waals surface area contributed by atoms with Crippen LogP contribution in [0.4, 0.5) is 68.1 Å². The number of rotatable bonds is 9. The van der Waals surface area contributed by atoms with Crippen molar-refractivity contribution in [3.63, 3.8) is 0 Å². The molecular weight excluding hydrogens is 909 g/mol. The molecule has 16 nitrogen and oxygen atoms in total. The normalized spacial score (nSPS) is 16.7. The molecule has 0 bridgehead atoms. The minimum absolute atomic E-state index is 0.195. The van der Waals surface area contributed by atoms with Crippen LogP contribution in [0.2, 0.25) is 0 Å². The molecule has 10 rings (SSSR count). The minimum atomic E-state index is -0.694. The van der Waals surface area contributed by atoms with Gasteiger partial charge in [-0.25, -0.2) is 32.3 Å². The molecule has 0 aliphatic carbocycles. The van der Waals surface area contributed by atoms with Gasteiger partial charge in [-0.3, -0.25) is 9.97 Å². The first kappa shape index (κ1) is 48.3. The summed E-state index contributed by atoms with van der Waals surface area (Å²) in [7, 11) is 0. The maximum Gasteiger partial charge on any atom is 0.410 e. The molecule has 0 unspecified atom stereocenters. The first-order valence-electron chi connectivity index (χ1n) is 23.7. The van der Waals surface area contributed by atoms with E-state index in [4.69, 9.17) is 14.2 Å². The summed E-state index contributed by atoms with van der Waals surface area (Å²) in [5.41, 5.74) is 6.46. The van der Waals surface area contributed by atoms with E-state index >= 15 is 4.39 Å². The van der Waals surface area contributed by atoms with Crippen LogP contribution in [-0.4, -0.2) is 142 Å². The second kappa shape index (κ2) is 21.5. The van der Waals surface area contributed by atoms with Gasteiger partial charge in [0.25, 0.3) is 0 Å². The van der Waals surface area contributed by atoms with E-state index in [0.29, 0.717) is 81.0 Å². The third kappa shape index (κ3) is 10.8. The Morgan fingerprint density at radius 2 is 1.04 bits per heavy atom. The second-order valence-corrected chi connectivity index (χ2v) is 17.9. The van der Waals surface area contributed by atoms with Crippen molar-refractivity contribution in [2.45, 2.75) is 33.8 Å². The third-order valence-electron chi connectivity index (χ3n) is 12.8. The molecule has 2 aromatic carbocycles. The molecule has 8 heterocycles. The van der Waals surface area contributed by atoms with Crippen LogP contribution in [0, 0.1) is 37.1 Å². The molecule has 4 saturated heterocycles. The fraction of sp³-hybridized carbons (Fsp3) is 0.420. The molecule has 370 valence electrons. The topological polar surface area (TPSA) is 149 Å². The van der Waals surface area contributed by atoms with E-state index in [1.54, 1.807) is 23.5 Å². The molecule has 70 heavy (non-hydrogen) atoms. The number of benzene rings is 2. The molecular formula is C50H58F4N12O4. The quantitative estimate of drug-likeness (QED) is 0.122. The summed E-state index contributed by atoms with van der Waals surface area (Å²) in [6.45, 7) is 18.4. The number of nitrogens with one attached hydrogen (secondary N) is 3. The molecule has 6 aromatic rings. The molecule has 4 fully saturated rings. The van der Waals surface area contributed by atoms with Gasteiger partial charge in [-0.05, 0) is 39.8 Å². The fourth-order valence-electron chi connectivity index (χ4n) is 9.24. The Bertz CT molecular complexity index is 2830. The minimum Gasteiger partial charge on any atom is -0.447 e. The second-order valence-electron chi connectivity index (χ2n) is 17.9. The van der Waals surface area contributed by atoms with Crippen LogP contribution in [0.1, 0.15) is 25.0 Å². The highest BCUT2D eigenvalue weighted by Gasteiger charge is 2.28. The van der Waals surface area contributed by atoms with E-state index < -0.39 is 23.3 Å². The summed E-state index contributed by atoms with van der Waals surface area (Å²) in [6, 6.07) is 8.26. The Labute approximate surface area is 403 Å². The van der Waals surface area contributed by atoms with Gasteiger partial charge in [-0.15, -0.1) is 0 Å². The standard InChI is InChI=1S/C27H32F2N6O3.C23H26F2N6O/c1-17(2)38-27(36)35-6-4-34(5-7-35)26-18(3)25(24-22(29)12-19(28)13-23(24)32-26)31-20-14-21(16-30-15-20)33-8-10-37-11-9-33;1-15-22(28-17-12-18(14-27-13-17)30-6-8-32-9-7-30)21-19(25)10-16(24)11-20(21)29-23(15)31-4-2-26-3-5-31/h12-17H,4-11H2,1-3H3,(H,31,32);10-14,26H,2-9H2,1H3,(H,28,29). The highest BCUT2D eigenvalue weighted by Crippen LogP contribution is 2.39. The van der Waals surface area contributed by atoms with Crippen molar-refractivity contribution in [1.82, 2.24) is 30.2 Å². The number of fused-ring (bicyclic) bond motifs is 2. The predicted octanol–water partition coefficient (Wildman–Crippen LogP) is 7.67. The number of morpholine rings is 2. The number of amides is 1. The van der Waals surface area contributed by atoms with Gasteiger partial charge in [0.1, 0.15) is 34.9 Å². The fourth-order valence-corrected chi connectivity index (χ4v) is 9.24. The zero-order chi connectivity index (χ0) is 48.9. The predicted molar refractivity (Wildman–Crippen MR) is 264 cm³/mol. The molecule has 3 N–H and O–H groups in total. The van der Waals surface area contributed by atoms with Crippen LogP contribution in [0.15, 0.2) is 61.2 Å². The number of pyridine rings is 4. The van der Waals surface area contributed by atoms with E-state index in [1.165, 1.54) is 12.1 Å². The maximum absolute atomic E-state index is 15.1. The SMILES string of the molecule is Cc1c(N2CCN(C(=O)OC(C)C)CC2)nc2cc(F)cc(F)c2c1Nc1cncc(N2CCOCC2)c1.Cc1c(N2CCNCC2)nc2cc(F)cc(F)c2c1Nc1cncc(N2CCOCC2)c1. The summed E-state index contributed by atoms with van der Waals surface area (Å²) in [5, 5.41) is 10.5. The number of halogens is 4. The Hall–Kier alpha value is -6.77. The molecule has 0 saturated carbocycles. The highest BCUT2D eigenvalue weighted by atomic mass is 19.1. The summed E-state index contributed by atoms with van der Waals surface area (Å²) in [4.78, 5) is 40.7. The van der Waals surface area contributed by atoms with Gasteiger partial charge in [0.2, 0.25) is 0 Å². The number of carbonyl (C=O) groups is 1. The van der Waals surface area contributed by atoms with Crippen molar-refractivity contribution >= 4 is 73.7 Å². The lowest BCUT2D eigenvalue weighted by atomic mass is 10.1. The number of aromatic nitrogens is 4. The molecule has 20 heteroatoms. The van der Waals surface area contributed by atoms with Crippen LogP contribution < -0.4 is 35.6 Å². The molecule has 0 radical (unpaired) electrons. The van der Waals surface area contributed by atoms with Crippen LogP contribution >= 0.6 is 0 Å². The van der Waals surface area contributed by atoms with E-state index in [0.717, 1.165) is 98.5 Å². The van der Waals surface area contributed by atoms with E-state index in [9.17, 15) is 18.0 Å². The van der Waals surface area contributed by atoms with Gasteiger partial charge in [0, 0.05) is 114 Å². The van der Waals surface area contributed by atoms with Crippen LogP contribution in [-0.2, 0) is 14.2 Å². The molecule has 4 aliphatic heterocycles. The van der Waals surface area contributed by atoms with Crippen LogP contribution in [0.25, 0.3) is 21.8 Å². The van der Waals surface area contributed by atoms with Gasteiger partial charge in [0.15, 0.2) is 0 Å². The molecule has 4 aliphatic rings. The lowest BCUT2D eigenvalue weighted by Crippen LogP contribution is -2.49. The Morgan fingerprint density at radius 1 is 0.600 bits per heavy atom. The number of hydrogen-bond donors (Lipinski definition) is 3. The van der Waals surface area contributed by atoms with E-state index in [-0.39, 0.29) is 28.5 Å². The summed E-state index contributed by atoms with van der Waals surface area (Å²) in [6.07, 6.45) is 6.45.